The highest BCUT2D eigenvalue weighted by Crippen LogP contribution is 2.58. The van der Waals surface area contributed by atoms with Gasteiger partial charge in [-0.05, 0) is 18.8 Å². The van der Waals surface area contributed by atoms with Gasteiger partial charge in [0.15, 0.2) is 0 Å². The molecule has 3 heteroatoms. The molecule has 0 aromatic heterocycles. The smallest absolute Gasteiger partial charge is 0.309 e. The van der Waals surface area contributed by atoms with Crippen LogP contribution in [0.1, 0.15) is 12.8 Å². The zero-order valence-corrected chi connectivity index (χ0v) is 7.03. The Kier molecular flexibility index (Phi) is 1.16. The fourth-order valence-corrected chi connectivity index (χ4v) is 3.02. The van der Waals surface area contributed by atoms with E-state index in [1.54, 1.807) is 0 Å². The minimum absolute atomic E-state index is 0.0311. The number of rotatable bonds is 1. The molecule has 3 nitrogen and oxygen atoms in total. The Morgan fingerprint density at radius 2 is 2.25 bits per heavy atom. The first-order valence-corrected chi connectivity index (χ1v) is 4.54. The van der Waals surface area contributed by atoms with Gasteiger partial charge in [0.2, 0.25) is 0 Å². The van der Waals surface area contributed by atoms with Gasteiger partial charge >= 0.3 is 5.97 Å². The highest BCUT2D eigenvalue weighted by atomic mass is 16.6. The molecule has 0 N–H and O–H groups in total. The lowest BCUT2D eigenvalue weighted by Crippen LogP contribution is -2.26. The molecule has 66 valence electrons. The molecule has 0 spiro atoms. The van der Waals surface area contributed by atoms with Crippen molar-refractivity contribution in [2.75, 3.05) is 7.11 Å². The second-order valence-corrected chi connectivity index (χ2v) is 4.09. The molecule has 5 atom stereocenters. The average Bonchev–Trinajstić information content (AvgIpc) is 2.71. The number of methoxy groups -OCH3 is 1. The van der Waals surface area contributed by atoms with E-state index in [0.29, 0.717) is 24.0 Å². The SMILES string of the molecule is COC(=O)[C@H]1C[C@@H]2C[C@H]1[C@@H]1O[C@H]21. The minimum Gasteiger partial charge on any atom is -0.469 e. The van der Waals surface area contributed by atoms with Crippen molar-refractivity contribution >= 4 is 5.97 Å². The van der Waals surface area contributed by atoms with Crippen molar-refractivity contribution < 1.29 is 14.3 Å². The van der Waals surface area contributed by atoms with Gasteiger partial charge in [0.25, 0.3) is 0 Å². The molecule has 0 aromatic rings. The molecule has 0 unspecified atom stereocenters. The highest BCUT2D eigenvalue weighted by molar-refractivity contribution is 5.73. The van der Waals surface area contributed by atoms with Crippen molar-refractivity contribution in [1.29, 1.82) is 0 Å². The van der Waals surface area contributed by atoms with E-state index >= 15 is 0 Å². The monoisotopic (exact) mass is 168 g/mol. The summed E-state index contributed by atoms with van der Waals surface area (Å²) in [7, 11) is 1.47. The number of carbonyl (C=O) groups is 1. The van der Waals surface area contributed by atoms with E-state index in [-0.39, 0.29) is 11.9 Å². The minimum atomic E-state index is -0.0311. The molecule has 1 aliphatic heterocycles. The van der Waals surface area contributed by atoms with Crippen LogP contribution in [0.15, 0.2) is 0 Å². The summed E-state index contributed by atoms with van der Waals surface area (Å²) in [6, 6.07) is 0. The molecule has 3 rings (SSSR count). The third-order valence-corrected chi connectivity index (χ3v) is 3.60. The van der Waals surface area contributed by atoms with Gasteiger partial charge in [0.1, 0.15) is 0 Å². The Morgan fingerprint density at radius 1 is 1.42 bits per heavy atom. The van der Waals surface area contributed by atoms with Crippen LogP contribution < -0.4 is 0 Å². The van der Waals surface area contributed by atoms with Gasteiger partial charge in [-0.25, -0.2) is 0 Å². The maximum Gasteiger partial charge on any atom is 0.309 e. The van der Waals surface area contributed by atoms with Crippen molar-refractivity contribution in [3.05, 3.63) is 0 Å². The molecule has 3 aliphatic rings. The third-order valence-electron chi connectivity index (χ3n) is 3.60. The summed E-state index contributed by atoms with van der Waals surface area (Å²) in [4.78, 5) is 11.3. The molecule has 1 heterocycles. The number of hydrogen-bond acceptors (Lipinski definition) is 3. The lowest BCUT2D eigenvalue weighted by atomic mass is 9.89. The van der Waals surface area contributed by atoms with E-state index in [1.807, 2.05) is 0 Å². The van der Waals surface area contributed by atoms with Gasteiger partial charge in [0.05, 0.1) is 25.2 Å². The third kappa shape index (κ3) is 0.678. The van der Waals surface area contributed by atoms with Crippen LogP contribution in [-0.4, -0.2) is 25.3 Å². The van der Waals surface area contributed by atoms with E-state index in [1.165, 1.54) is 13.5 Å². The zero-order chi connectivity index (χ0) is 8.29. The fourth-order valence-electron chi connectivity index (χ4n) is 3.02. The van der Waals surface area contributed by atoms with Crippen molar-refractivity contribution in [2.24, 2.45) is 17.8 Å². The normalized spacial score (nSPS) is 53.6. The number of hydrogen-bond donors (Lipinski definition) is 0. The summed E-state index contributed by atoms with van der Waals surface area (Å²) >= 11 is 0. The van der Waals surface area contributed by atoms with Gasteiger partial charge < -0.3 is 9.47 Å². The van der Waals surface area contributed by atoms with E-state index in [2.05, 4.69) is 0 Å². The van der Waals surface area contributed by atoms with E-state index in [9.17, 15) is 4.79 Å². The molecule has 1 saturated heterocycles. The quantitative estimate of drug-likeness (QED) is 0.424. The summed E-state index contributed by atoms with van der Waals surface area (Å²) in [5.74, 6) is 1.25. The highest BCUT2D eigenvalue weighted by Gasteiger charge is 2.64. The van der Waals surface area contributed by atoms with Crippen molar-refractivity contribution in [3.63, 3.8) is 0 Å². The van der Waals surface area contributed by atoms with Crippen LogP contribution >= 0.6 is 0 Å². The molecule has 0 radical (unpaired) electrons. The van der Waals surface area contributed by atoms with Crippen LogP contribution in [0.5, 0.6) is 0 Å². The Bertz CT molecular complexity index is 238. The summed E-state index contributed by atoms with van der Waals surface area (Å²) in [5, 5.41) is 0. The maximum atomic E-state index is 11.3. The first-order valence-electron chi connectivity index (χ1n) is 4.54. The fraction of sp³-hybridized carbons (Fsp3) is 0.889. The van der Waals surface area contributed by atoms with Crippen LogP contribution in [0, 0.1) is 17.8 Å². The predicted molar refractivity (Wildman–Crippen MR) is 40.4 cm³/mol. The van der Waals surface area contributed by atoms with Gasteiger partial charge in [-0.15, -0.1) is 0 Å². The van der Waals surface area contributed by atoms with Gasteiger partial charge in [-0.3, -0.25) is 4.79 Å². The Labute approximate surface area is 71.0 Å². The summed E-state index contributed by atoms with van der Waals surface area (Å²) in [5.41, 5.74) is 0. The summed E-state index contributed by atoms with van der Waals surface area (Å²) < 4.78 is 10.2. The molecule has 2 saturated carbocycles. The number of fused-ring (bicyclic) bond motifs is 5. The predicted octanol–water partition coefficient (Wildman–Crippen LogP) is 0.583. The topological polar surface area (TPSA) is 38.8 Å². The largest absolute Gasteiger partial charge is 0.469 e. The molecule has 3 fully saturated rings. The summed E-state index contributed by atoms with van der Waals surface area (Å²) in [6.45, 7) is 0. The van der Waals surface area contributed by atoms with E-state index in [0.717, 1.165) is 6.42 Å². The first-order chi connectivity index (χ1) is 5.81. The second kappa shape index (κ2) is 2.02. The number of ether oxygens (including phenoxy) is 2. The Morgan fingerprint density at radius 3 is 2.83 bits per heavy atom. The van der Waals surface area contributed by atoms with Crippen LogP contribution in [0.2, 0.25) is 0 Å². The van der Waals surface area contributed by atoms with E-state index < -0.39 is 0 Å². The zero-order valence-electron chi connectivity index (χ0n) is 7.03. The number of esters is 1. The van der Waals surface area contributed by atoms with Crippen LogP contribution in [0.25, 0.3) is 0 Å². The molecule has 2 aliphatic carbocycles. The second-order valence-electron chi connectivity index (χ2n) is 4.09. The number of epoxide rings is 1. The Hall–Kier alpha value is -0.570. The molecule has 0 amide bonds. The lowest BCUT2D eigenvalue weighted by Gasteiger charge is -2.15. The van der Waals surface area contributed by atoms with Crippen LogP contribution in [0.3, 0.4) is 0 Å². The lowest BCUT2D eigenvalue weighted by molar-refractivity contribution is -0.147. The average molecular weight is 168 g/mol. The molecule has 2 bridgehead atoms. The Balaban J connectivity index is 1.80. The molecule has 0 aromatic carbocycles. The van der Waals surface area contributed by atoms with Crippen molar-refractivity contribution in [2.45, 2.75) is 25.0 Å². The molecular weight excluding hydrogens is 156 g/mol. The number of carbonyl (C=O) groups excluding carboxylic acids is 1. The van der Waals surface area contributed by atoms with Crippen molar-refractivity contribution in [3.8, 4) is 0 Å². The summed E-state index contributed by atoms with van der Waals surface area (Å²) in [6.07, 6.45) is 3.11. The van der Waals surface area contributed by atoms with Crippen molar-refractivity contribution in [1.82, 2.24) is 0 Å². The molecule has 12 heavy (non-hydrogen) atoms. The van der Waals surface area contributed by atoms with E-state index in [4.69, 9.17) is 9.47 Å². The first kappa shape index (κ1) is 6.89. The van der Waals surface area contributed by atoms with Crippen LogP contribution in [-0.2, 0) is 14.3 Å². The van der Waals surface area contributed by atoms with Crippen LogP contribution in [0.4, 0.5) is 0 Å². The maximum absolute atomic E-state index is 11.3. The van der Waals surface area contributed by atoms with Gasteiger partial charge in [0, 0.05) is 5.92 Å². The molecular formula is C9H12O3. The van der Waals surface area contributed by atoms with Gasteiger partial charge in [-0.1, -0.05) is 0 Å². The standard InChI is InChI=1S/C9H12O3/c1-11-9(10)6-3-4-2-5(6)8-7(4)12-8/h4-8H,2-3H2,1H3/t4-,5+,6-,7+,8-/m0/s1. The van der Waals surface area contributed by atoms with Gasteiger partial charge in [-0.2, -0.15) is 0 Å².